The van der Waals surface area contributed by atoms with E-state index in [9.17, 15) is 5.26 Å². The molecule has 0 radical (unpaired) electrons. The third-order valence-electron chi connectivity index (χ3n) is 4.43. The lowest BCUT2D eigenvalue weighted by Gasteiger charge is -2.02. The first-order valence-corrected chi connectivity index (χ1v) is 11.7. The summed E-state index contributed by atoms with van der Waals surface area (Å²) < 4.78 is 6.15. The molecule has 0 unspecified atom stereocenters. The van der Waals surface area contributed by atoms with Gasteiger partial charge in [-0.2, -0.15) is 19.8 Å². The fourth-order valence-corrected chi connectivity index (χ4v) is 4.50. The average Bonchev–Trinajstić information content (AvgIpc) is 3.39. The van der Waals surface area contributed by atoms with E-state index in [2.05, 4.69) is 21.0 Å². The number of thioether (sulfide) groups is 1. The van der Waals surface area contributed by atoms with Gasteiger partial charge in [0.25, 0.3) is 0 Å². The zero-order valence-corrected chi connectivity index (χ0v) is 18.9. The van der Waals surface area contributed by atoms with Crippen LogP contribution in [0, 0.1) is 11.3 Å². The van der Waals surface area contributed by atoms with E-state index in [0.717, 1.165) is 22.4 Å². The van der Waals surface area contributed by atoms with Crippen molar-refractivity contribution in [1.29, 1.82) is 5.26 Å². The number of benzene rings is 2. The van der Waals surface area contributed by atoms with Crippen LogP contribution in [-0.2, 0) is 6.54 Å². The Morgan fingerprint density at radius 3 is 2.71 bits per heavy atom. The standard InChI is InChI=1S/C22H17ClN6S2/c1-30-22-19(11-24)21(31-28-22)26-25-12-17-14-29(13-15-7-9-18(23)10-8-15)27-20(17)16-5-3-2-4-6-16/h2-10,12,14,26H,13H2,1H3. The summed E-state index contributed by atoms with van der Waals surface area (Å²) in [4.78, 5) is 0. The second-order valence-corrected chi connectivity index (χ2v) is 8.51. The molecule has 0 fully saturated rings. The van der Waals surface area contributed by atoms with Crippen LogP contribution in [0.3, 0.4) is 0 Å². The lowest BCUT2D eigenvalue weighted by atomic mass is 10.1. The molecule has 0 amide bonds. The van der Waals surface area contributed by atoms with Gasteiger partial charge in [0.15, 0.2) is 0 Å². The molecule has 2 aromatic carbocycles. The molecule has 2 aromatic heterocycles. The number of halogens is 1. The number of nitrogens with zero attached hydrogens (tertiary/aromatic N) is 5. The Hall–Kier alpha value is -3.12. The highest BCUT2D eigenvalue weighted by Gasteiger charge is 2.13. The molecule has 0 aliphatic heterocycles. The zero-order valence-electron chi connectivity index (χ0n) is 16.5. The second kappa shape index (κ2) is 9.79. The molecule has 31 heavy (non-hydrogen) atoms. The Morgan fingerprint density at radius 1 is 1.23 bits per heavy atom. The van der Waals surface area contributed by atoms with Crippen LogP contribution >= 0.6 is 34.9 Å². The van der Waals surface area contributed by atoms with E-state index in [1.807, 2.05) is 71.7 Å². The van der Waals surface area contributed by atoms with Crippen molar-refractivity contribution in [3.05, 3.63) is 82.5 Å². The average molecular weight is 465 g/mol. The van der Waals surface area contributed by atoms with Gasteiger partial charge in [-0.05, 0) is 35.5 Å². The SMILES string of the molecule is CSc1nsc(NN=Cc2cn(Cc3ccc(Cl)cc3)nc2-c2ccccc2)c1C#N. The fourth-order valence-electron chi connectivity index (χ4n) is 2.96. The van der Waals surface area contributed by atoms with E-state index >= 15 is 0 Å². The van der Waals surface area contributed by atoms with E-state index in [1.165, 1.54) is 23.3 Å². The van der Waals surface area contributed by atoms with Crippen molar-refractivity contribution in [3.63, 3.8) is 0 Å². The molecule has 9 heteroatoms. The predicted molar refractivity (Wildman–Crippen MR) is 128 cm³/mol. The minimum atomic E-state index is 0.511. The van der Waals surface area contributed by atoms with Crippen molar-refractivity contribution < 1.29 is 0 Å². The Labute approximate surface area is 193 Å². The molecule has 6 nitrogen and oxygen atoms in total. The molecular formula is C22H17ClN6S2. The number of rotatable bonds is 7. The van der Waals surface area contributed by atoms with Crippen LogP contribution in [0.5, 0.6) is 0 Å². The van der Waals surface area contributed by atoms with Crippen LogP contribution in [0.2, 0.25) is 5.02 Å². The van der Waals surface area contributed by atoms with Crippen molar-refractivity contribution in [3.8, 4) is 17.3 Å². The molecule has 0 saturated heterocycles. The highest BCUT2D eigenvalue weighted by molar-refractivity contribution is 7.98. The molecule has 0 bridgehead atoms. The largest absolute Gasteiger partial charge is 0.267 e. The zero-order chi connectivity index (χ0) is 21.6. The van der Waals surface area contributed by atoms with Gasteiger partial charge in [0.1, 0.15) is 27.4 Å². The minimum Gasteiger partial charge on any atom is -0.267 e. The van der Waals surface area contributed by atoms with E-state index < -0.39 is 0 Å². The molecular weight excluding hydrogens is 448 g/mol. The maximum atomic E-state index is 9.38. The molecule has 0 saturated carbocycles. The number of nitrogens with one attached hydrogen (secondary N) is 1. The number of aromatic nitrogens is 3. The number of hydrogen-bond donors (Lipinski definition) is 1. The normalized spacial score (nSPS) is 11.0. The van der Waals surface area contributed by atoms with Gasteiger partial charge < -0.3 is 0 Å². The Kier molecular flexibility index (Phi) is 6.67. The van der Waals surface area contributed by atoms with Gasteiger partial charge in [0.2, 0.25) is 0 Å². The van der Waals surface area contributed by atoms with E-state index in [-0.39, 0.29) is 0 Å². The van der Waals surface area contributed by atoms with E-state index in [0.29, 0.717) is 27.2 Å². The van der Waals surface area contributed by atoms with E-state index in [4.69, 9.17) is 16.7 Å². The monoisotopic (exact) mass is 464 g/mol. The van der Waals surface area contributed by atoms with Crippen LogP contribution in [0.4, 0.5) is 5.00 Å². The predicted octanol–water partition coefficient (Wildman–Crippen LogP) is 5.75. The van der Waals surface area contributed by atoms with Crippen molar-refractivity contribution in [2.75, 3.05) is 11.7 Å². The van der Waals surface area contributed by atoms with Gasteiger partial charge in [-0.1, -0.05) is 54.1 Å². The van der Waals surface area contributed by atoms with E-state index in [1.54, 1.807) is 6.21 Å². The smallest absolute Gasteiger partial charge is 0.148 e. The molecule has 1 N–H and O–H groups in total. The molecule has 154 valence electrons. The first kappa shape index (κ1) is 21.1. The quantitative estimate of drug-likeness (QED) is 0.214. The van der Waals surface area contributed by atoms with Crippen molar-refractivity contribution >= 4 is 46.1 Å². The van der Waals surface area contributed by atoms with Crippen molar-refractivity contribution in [2.45, 2.75) is 11.6 Å². The first-order chi connectivity index (χ1) is 15.2. The van der Waals surface area contributed by atoms with Crippen LogP contribution in [-0.4, -0.2) is 26.6 Å². The highest BCUT2D eigenvalue weighted by Crippen LogP contribution is 2.30. The molecule has 4 aromatic rings. The van der Waals surface area contributed by atoms with Crippen LogP contribution in [0.15, 0.2) is 70.9 Å². The van der Waals surface area contributed by atoms with Gasteiger partial charge in [0, 0.05) is 22.3 Å². The Balaban J connectivity index is 1.61. The first-order valence-electron chi connectivity index (χ1n) is 9.28. The summed E-state index contributed by atoms with van der Waals surface area (Å²) in [6, 6.07) is 19.9. The lowest BCUT2D eigenvalue weighted by molar-refractivity contribution is 0.689. The fraction of sp³-hybridized carbons (Fsp3) is 0.0909. The topological polar surface area (TPSA) is 78.9 Å². The summed E-state index contributed by atoms with van der Waals surface area (Å²) in [6.07, 6.45) is 5.56. The molecule has 0 atom stereocenters. The van der Waals surface area contributed by atoms with Gasteiger partial charge in [-0.15, -0.1) is 11.8 Å². The molecule has 0 aliphatic carbocycles. The Bertz CT molecular complexity index is 1240. The molecule has 0 spiro atoms. The maximum absolute atomic E-state index is 9.38. The summed E-state index contributed by atoms with van der Waals surface area (Å²) in [6.45, 7) is 0.614. The van der Waals surface area contributed by atoms with Crippen LogP contribution in [0.25, 0.3) is 11.3 Å². The minimum absolute atomic E-state index is 0.511. The summed E-state index contributed by atoms with van der Waals surface area (Å²) in [5.74, 6) is 0. The van der Waals surface area contributed by atoms with Crippen molar-refractivity contribution in [1.82, 2.24) is 14.2 Å². The van der Waals surface area contributed by atoms with Crippen LogP contribution < -0.4 is 5.43 Å². The maximum Gasteiger partial charge on any atom is 0.148 e. The van der Waals surface area contributed by atoms with Crippen LogP contribution in [0.1, 0.15) is 16.7 Å². The number of nitriles is 1. The third-order valence-corrected chi connectivity index (χ3v) is 6.23. The molecule has 2 heterocycles. The number of anilines is 1. The number of hydrazone groups is 1. The molecule has 0 aliphatic rings. The highest BCUT2D eigenvalue weighted by atomic mass is 35.5. The third kappa shape index (κ3) is 4.97. The van der Waals surface area contributed by atoms with Gasteiger partial charge >= 0.3 is 0 Å². The lowest BCUT2D eigenvalue weighted by Crippen LogP contribution is -2.00. The summed E-state index contributed by atoms with van der Waals surface area (Å²) in [5.41, 5.74) is 7.25. The van der Waals surface area contributed by atoms with Gasteiger partial charge in [-0.3, -0.25) is 10.1 Å². The molecule has 4 rings (SSSR count). The number of hydrogen-bond acceptors (Lipinski definition) is 7. The Morgan fingerprint density at radius 2 is 2.00 bits per heavy atom. The second-order valence-electron chi connectivity index (χ2n) is 6.50. The summed E-state index contributed by atoms with van der Waals surface area (Å²) >= 11 is 8.65. The van der Waals surface area contributed by atoms with Crippen molar-refractivity contribution in [2.24, 2.45) is 5.10 Å². The summed E-state index contributed by atoms with van der Waals surface area (Å²) in [7, 11) is 0. The van der Waals surface area contributed by atoms with Gasteiger partial charge in [-0.25, -0.2) is 0 Å². The summed E-state index contributed by atoms with van der Waals surface area (Å²) in [5, 5.41) is 20.5. The van der Waals surface area contributed by atoms with Gasteiger partial charge in [0.05, 0.1) is 12.8 Å².